The number of ether oxygens (including phenoxy) is 1. The minimum absolute atomic E-state index is 0.0129. The fourth-order valence-corrected chi connectivity index (χ4v) is 6.02. The summed E-state index contributed by atoms with van der Waals surface area (Å²) in [6.45, 7) is 0.618. The Balaban J connectivity index is 1.24. The second-order valence-corrected chi connectivity index (χ2v) is 11.4. The maximum atomic E-state index is 13.3. The van der Waals surface area contributed by atoms with Gasteiger partial charge in [-0.25, -0.2) is 4.68 Å². The van der Waals surface area contributed by atoms with E-state index in [-0.39, 0.29) is 29.6 Å². The third kappa shape index (κ3) is 5.72. The molecule has 2 fully saturated rings. The van der Waals surface area contributed by atoms with Gasteiger partial charge < -0.3 is 20.7 Å². The van der Waals surface area contributed by atoms with Gasteiger partial charge in [0.25, 0.3) is 5.91 Å². The number of amides is 2. The molecule has 0 spiro atoms. The number of halogens is 3. The molecule has 2 saturated carbocycles. The Bertz CT molecular complexity index is 1410. The second kappa shape index (κ2) is 9.84. The lowest BCUT2D eigenvalue weighted by Crippen LogP contribution is -2.28. The summed E-state index contributed by atoms with van der Waals surface area (Å²) in [5.41, 5.74) is 1.43. The lowest BCUT2D eigenvalue weighted by molar-refractivity contribution is -0.276. The van der Waals surface area contributed by atoms with Crippen LogP contribution in [0.4, 0.5) is 29.9 Å². The molecule has 3 N–H and O–H groups in total. The molecule has 2 amide bonds. The molecule has 15 heteroatoms. The van der Waals surface area contributed by atoms with Crippen molar-refractivity contribution in [3.63, 3.8) is 0 Å². The summed E-state index contributed by atoms with van der Waals surface area (Å²) in [6.07, 6.45) is 2.59. The molecule has 3 heterocycles. The summed E-state index contributed by atoms with van der Waals surface area (Å²) in [7, 11) is 1.48. The van der Waals surface area contributed by atoms with Crippen LogP contribution in [-0.2, 0) is 24.7 Å². The summed E-state index contributed by atoms with van der Waals surface area (Å²) in [5, 5.41) is 21.5. The molecule has 1 atom stereocenters. The predicted octanol–water partition coefficient (Wildman–Crippen LogP) is 3.93. The topological polar surface area (TPSA) is 128 Å². The Morgan fingerprint density at radius 3 is 2.72 bits per heavy atom. The van der Waals surface area contributed by atoms with Crippen LogP contribution in [0.15, 0.2) is 12.4 Å². The van der Waals surface area contributed by atoms with Crippen LogP contribution in [0, 0.1) is 11.8 Å². The fourth-order valence-electron chi connectivity index (χ4n) is 4.78. The van der Waals surface area contributed by atoms with E-state index in [4.69, 9.17) is 0 Å². The first kappa shape index (κ1) is 25.6. The third-order valence-corrected chi connectivity index (χ3v) is 8.39. The van der Waals surface area contributed by atoms with Gasteiger partial charge in [-0.2, -0.15) is 0 Å². The summed E-state index contributed by atoms with van der Waals surface area (Å²) < 4.78 is 44.8. The molecule has 3 aromatic rings. The number of anilines is 3. The summed E-state index contributed by atoms with van der Waals surface area (Å²) in [5.74, 6) is 0.265. The van der Waals surface area contributed by atoms with Gasteiger partial charge in [-0.15, -0.1) is 39.8 Å². The van der Waals surface area contributed by atoms with Crippen molar-refractivity contribution in [1.82, 2.24) is 29.9 Å². The van der Waals surface area contributed by atoms with Crippen molar-refractivity contribution in [1.29, 1.82) is 0 Å². The van der Waals surface area contributed by atoms with Crippen LogP contribution in [0.1, 0.15) is 58.9 Å². The number of rotatable bonds is 9. The van der Waals surface area contributed by atoms with Gasteiger partial charge in [-0.05, 0) is 56.4 Å². The Morgan fingerprint density at radius 2 is 2.00 bits per heavy atom. The highest BCUT2D eigenvalue weighted by atomic mass is 32.1. The van der Waals surface area contributed by atoms with Crippen LogP contribution in [0.2, 0.25) is 0 Å². The quantitative estimate of drug-likeness (QED) is 0.359. The number of alkyl halides is 3. The molecule has 0 bridgehead atoms. The normalized spacial score (nSPS) is 18.9. The third-order valence-electron chi connectivity index (χ3n) is 7.18. The number of aromatic nitrogens is 5. The van der Waals surface area contributed by atoms with E-state index >= 15 is 0 Å². The van der Waals surface area contributed by atoms with Gasteiger partial charge >= 0.3 is 6.36 Å². The van der Waals surface area contributed by atoms with Crippen molar-refractivity contribution >= 4 is 39.9 Å². The number of carbonyl (C=O) groups excluding carboxylic acids is 2. The SMILES string of the molecule is Cn1nc(OC(F)(F)F)cc1Nc1nncn1[C@H]1CCc2sc(NC(=O)C3CC3)c(C(=O)NCC3CC3)c2C1. The number of thiophene rings is 1. The van der Waals surface area contributed by atoms with Crippen molar-refractivity contribution in [2.75, 3.05) is 17.2 Å². The van der Waals surface area contributed by atoms with Gasteiger partial charge in [0.2, 0.25) is 17.7 Å². The predicted molar refractivity (Wildman–Crippen MR) is 135 cm³/mol. The molecule has 0 aromatic carbocycles. The maximum Gasteiger partial charge on any atom is 0.574 e. The van der Waals surface area contributed by atoms with Crippen LogP contribution in [0.25, 0.3) is 0 Å². The van der Waals surface area contributed by atoms with Gasteiger partial charge in [0, 0.05) is 36.5 Å². The Kier molecular flexibility index (Phi) is 6.47. The molecule has 11 nitrogen and oxygen atoms in total. The average molecular weight is 565 g/mol. The zero-order valence-corrected chi connectivity index (χ0v) is 21.9. The first-order valence-electron chi connectivity index (χ1n) is 12.8. The lowest BCUT2D eigenvalue weighted by Gasteiger charge is -2.25. The number of nitrogens with one attached hydrogen (secondary N) is 3. The van der Waals surface area contributed by atoms with Crippen LogP contribution >= 0.6 is 11.3 Å². The van der Waals surface area contributed by atoms with E-state index in [2.05, 4.69) is 36.0 Å². The molecule has 6 rings (SSSR count). The maximum absolute atomic E-state index is 13.3. The molecule has 0 aliphatic heterocycles. The first-order valence-corrected chi connectivity index (χ1v) is 13.7. The number of hydrogen-bond acceptors (Lipinski definition) is 8. The smallest absolute Gasteiger partial charge is 0.386 e. The summed E-state index contributed by atoms with van der Waals surface area (Å²) >= 11 is 1.46. The van der Waals surface area contributed by atoms with Gasteiger partial charge in [-0.3, -0.25) is 14.2 Å². The van der Waals surface area contributed by atoms with Gasteiger partial charge in [0.1, 0.15) is 17.1 Å². The van der Waals surface area contributed by atoms with Crippen LogP contribution in [0.3, 0.4) is 0 Å². The number of aryl methyl sites for hydroxylation is 2. The Hall–Kier alpha value is -3.62. The second-order valence-electron chi connectivity index (χ2n) is 10.2. The number of fused-ring (bicyclic) bond motifs is 1. The molecule has 208 valence electrons. The van der Waals surface area contributed by atoms with E-state index in [0.29, 0.717) is 41.8 Å². The zero-order valence-electron chi connectivity index (χ0n) is 21.0. The molecule has 39 heavy (non-hydrogen) atoms. The van der Waals surface area contributed by atoms with E-state index in [1.165, 1.54) is 23.1 Å². The molecule has 0 radical (unpaired) electrons. The minimum atomic E-state index is -4.86. The van der Waals surface area contributed by atoms with Gasteiger partial charge in [-0.1, -0.05) is 0 Å². The Labute approximate surface area is 225 Å². The highest BCUT2D eigenvalue weighted by Gasteiger charge is 2.35. The van der Waals surface area contributed by atoms with E-state index in [0.717, 1.165) is 48.6 Å². The van der Waals surface area contributed by atoms with Crippen LogP contribution in [0.5, 0.6) is 5.88 Å². The number of carbonyl (C=O) groups is 2. The summed E-state index contributed by atoms with van der Waals surface area (Å²) in [6, 6.07) is 1.01. The molecular formula is C24H27F3N8O3S. The van der Waals surface area contributed by atoms with E-state index in [1.54, 1.807) is 6.33 Å². The fraction of sp³-hybridized carbons (Fsp3) is 0.542. The first-order chi connectivity index (χ1) is 18.6. The minimum Gasteiger partial charge on any atom is -0.386 e. The largest absolute Gasteiger partial charge is 0.574 e. The van der Waals surface area contributed by atoms with E-state index in [1.807, 2.05) is 4.57 Å². The molecular weight excluding hydrogens is 537 g/mol. The molecule has 3 aliphatic rings. The average Bonchev–Trinajstić information content (AvgIpc) is 3.78. The van der Waals surface area contributed by atoms with E-state index < -0.39 is 12.2 Å². The highest BCUT2D eigenvalue weighted by molar-refractivity contribution is 7.17. The highest BCUT2D eigenvalue weighted by Crippen LogP contribution is 2.43. The monoisotopic (exact) mass is 564 g/mol. The summed E-state index contributed by atoms with van der Waals surface area (Å²) in [4.78, 5) is 27.0. The van der Waals surface area contributed by atoms with Crippen molar-refractivity contribution in [3.05, 3.63) is 28.4 Å². The molecule has 3 aliphatic carbocycles. The van der Waals surface area contributed by atoms with Crippen LogP contribution < -0.4 is 20.7 Å². The van der Waals surface area contributed by atoms with Crippen molar-refractivity contribution < 1.29 is 27.5 Å². The number of nitrogens with zero attached hydrogens (tertiary/aromatic N) is 5. The standard InChI is InChI=1S/C24H27F3N8O3S/c1-34-17(9-18(33-34)38-24(25,26)27)30-23-32-29-11-35(23)14-6-7-16-15(8-14)19(21(37)28-10-12-2-3-12)22(39-16)31-20(36)13-4-5-13/h9,11-14H,2-8,10H2,1H3,(H,28,37)(H,30,32)(H,31,36)/t14-/m0/s1. The molecule has 3 aromatic heterocycles. The van der Waals surface area contributed by atoms with Crippen LogP contribution in [-0.4, -0.2) is 49.3 Å². The molecule has 0 unspecified atom stereocenters. The van der Waals surface area contributed by atoms with E-state index in [9.17, 15) is 22.8 Å². The number of hydrogen-bond donors (Lipinski definition) is 3. The molecule has 0 saturated heterocycles. The van der Waals surface area contributed by atoms with Crippen molar-refractivity contribution in [2.45, 2.75) is 57.3 Å². The van der Waals surface area contributed by atoms with Gasteiger partial charge in [0.15, 0.2) is 0 Å². The van der Waals surface area contributed by atoms with Crippen molar-refractivity contribution in [2.24, 2.45) is 18.9 Å². The Morgan fingerprint density at radius 1 is 1.21 bits per heavy atom. The van der Waals surface area contributed by atoms with Crippen molar-refractivity contribution in [3.8, 4) is 5.88 Å². The zero-order chi connectivity index (χ0) is 27.3. The lowest BCUT2D eigenvalue weighted by atomic mass is 9.91. The van der Waals surface area contributed by atoms with Gasteiger partial charge in [0.05, 0.1) is 5.56 Å².